The number of hydrogen-bond acceptors (Lipinski definition) is 5. The second-order valence-electron chi connectivity index (χ2n) is 4.12. The van der Waals surface area contributed by atoms with Gasteiger partial charge in [0.25, 0.3) is 0 Å². The molecule has 2 radical (unpaired) electrons. The molecule has 2 bridgehead atoms. The van der Waals surface area contributed by atoms with Crippen LogP contribution in [0.15, 0.2) is 0 Å². The molecule has 0 aromatic heterocycles. The summed E-state index contributed by atoms with van der Waals surface area (Å²) in [6.45, 7) is 3.65. The van der Waals surface area contributed by atoms with Crippen molar-refractivity contribution in [2.24, 2.45) is 0 Å². The van der Waals surface area contributed by atoms with Gasteiger partial charge in [0.05, 0.1) is 12.7 Å². The van der Waals surface area contributed by atoms with Crippen LogP contribution in [-0.4, -0.2) is 49.8 Å². The molecule has 0 saturated carbocycles. The summed E-state index contributed by atoms with van der Waals surface area (Å²) >= 11 is 0. The highest BCUT2D eigenvalue weighted by Gasteiger charge is 2.50. The summed E-state index contributed by atoms with van der Waals surface area (Å²) in [5.41, 5.74) is 0. The quantitative estimate of drug-likeness (QED) is 0.555. The lowest BCUT2D eigenvalue weighted by molar-refractivity contribution is -0.0596. The summed E-state index contributed by atoms with van der Waals surface area (Å²) in [5.74, 6) is 0. The molecule has 0 aromatic rings. The molecule has 2 rings (SSSR count). The molecule has 6 nitrogen and oxygen atoms in total. The zero-order chi connectivity index (χ0) is 11.9. The molecule has 5 atom stereocenters. The van der Waals surface area contributed by atoms with Crippen molar-refractivity contribution >= 4 is 15.7 Å². The Morgan fingerprint density at radius 3 is 2.88 bits per heavy atom. The van der Waals surface area contributed by atoms with Gasteiger partial charge in [-0.2, -0.15) is 0 Å². The van der Waals surface area contributed by atoms with Crippen molar-refractivity contribution in [2.45, 2.75) is 44.3 Å². The van der Waals surface area contributed by atoms with E-state index in [1.807, 2.05) is 13.8 Å². The molecule has 2 saturated heterocycles. The number of fused-ring (bicyclic) bond motifs is 2. The van der Waals surface area contributed by atoms with Crippen LogP contribution in [0.2, 0.25) is 0 Å². The van der Waals surface area contributed by atoms with E-state index in [1.165, 1.54) is 0 Å². The number of rotatable bonds is 2. The van der Waals surface area contributed by atoms with E-state index in [-0.39, 0.29) is 12.7 Å². The van der Waals surface area contributed by atoms with E-state index in [1.54, 1.807) is 0 Å². The number of ether oxygens (including phenoxy) is 2. The summed E-state index contributed by atoms with van der Waals surface area (Å²) in [7, 11) is 1.63. The van der Waals surface area contributed by atoms with Gasteiger partial charge in [-0.25, -0.2) is 4.57 Å². The number of phosphoric acid groups is 1. The van der Waals surface area contributed by atoms with Gasteiger partial charge in [-0.3, -0.25) is 9.05 Å². The molecule has 2 aliphatic heterocycles. The monoisotopic (exact) mass is 248 g/mol. The van der Waals surface area contributed by atoms with E-state index in [4.69, 9.17) is 26.4 Å². The fourth-order valence-corrected chi connectivity index (χ4v) is 2.78. The van der Waals surface area contributed by atoms with Crippen molar-refractivity contribution < 1.29 is 28.0 Å². The largest absolute Gasteiger partial charge is 0.472 e. The molecule has 8 heteroatoms. The van der Waals surface area contributed by atoms with Crippen LogP contribution in [0.25, 0.3) is 0 Å². The molecule has 0 amide bonds. The summed E-state index contributed by atoms with van der Waals surface area (Å²) in [6, 6.07) is -0.766. The van der Waals surface area contributed by atoms with Crippen molar-refractivity contribution in [1.29, 1.82) is 0 Å². The first-order valence-electron chi connectivity index (χ1n) is 5.11. The average Bonchev–Trinajstić information content (AvgIpc) is 2.34. The lowest BCUT2D eigenvalue weighted by atomic mass is 9.93. The van der Waals surface area contributed by atoms with Crippen molar-refractivity contribution in [3.8, 4) is 0 Å². The van der Waals surface area contributed by atoms with Crippen LogP contribution in [0.3, 0.4) is 0 Å². The highest BCUT2D eigenvalue weighted by Crippen LogP contribution is 2.50. The van der Waals surface area contributed by atoms with Crippen LogP contribution in [0.5, 0.6) is 0 Å². The van der Waals surface area contributed by atoms with Crippen molar-refractivity contribution in [3.05, 3.63) is 0 Å². The molecular formula is C8H14BO6P. The third-order valence-electron chi connectivity index (χ3n) is 2.43. The Kier molecular flexibility index (Phi) is 3.45. The Morgan fingerprint density at radius 1 is 1.56 bits per heavy atom. The van der Waals surface area contributed by atoms with E-state index < -0.39 is 32.1 Å². The maximum atomic E-state index is 11.4. The fraction of sp³-hybridized carbons (Fsp3) is 1.00. The zero-order valence-corrected chi connectivity index (χ0v) is 10.0. The van der Waals surface area contributed by atoms with E-state index in [0.717, 1.165) is 0 Å². The van der Waals surface area contributed by atoms with Crippen molar-refractivity contribution in [2.75, 3.05) is 6.61 Å². The van der Waals surface area contributed by atoms with Crippen molar-refractivity contribution in [1.82, 2.24) is 0 Å². The predicted octanol–water partition coefficient (Wildman–Crippen LogP) is 0.189. The average molecular weight is 248 g/mol. The summed E-state index contributed by atoms with van der Waals surface area (Å²) in [4.78, 5) is 9.29. The lowest BCUT2D eigenvalue weighted by Crippen LogP contribution is -2.38. The Hall–Kier alpha value is 0.0949. The van der Waals surface area contributed by atoms with Crippen LogP contribution < -0.4 is 0 Å². The maximum Gasteiger partial charge on any atom is 0.472 e. The molecule has 2 aliphatic rings. The van der Waals surface area contributed by atoms with Crippen molar-refractivity contribution in [3.63, 3.8) is 0 Å². The Morgan fingerprint density at radius 2 is 2.25 bits per heavy atom. The molecule has 1 N–H and O–H groups in total. The van der Waals surface area contributed by atoms with Gasteiger partial charge in [0.15, 0.2) is 0 Å². The third kappa shape index (κ3) is 2.50. The van der Waals surface area contributed by atoms with E-state index in [2.05, 4.69) is 0 Å². The first-order chi connectivity index (χ1) is 7.39. The molecule has 2 fully saturated rings. The topological polar surface area (TPSA) is 74.2 Å². The van der Waals surface area contributed by atoms with E-state index in [9.17, 15) is 9.46 Å². The van der Waals surface area contributed by atoms with Gasteiger partial charge < -0.3 is 14.4 Å². The van der Waals surface area contributed by atoms with Gasteiger partial charge in [0.2, 0.25) is 0 Å². The van der Waals surface area contributed by atoms with Crippen LogP contribution in [0.1, 0.15) is 13.8 Å². The summed E-state index contributed by atoms with van der Waals surface area (Å²) in [6.07, 6.45) is -1.77. The Bertz CT molecular complexity index is 311. The molecule has 2 heterocycles. The normalized spacial score (nSPS) is 48.2. The van der Waals surface area contributed by atoms with Gasteiger partial charge in [-0.05, 0) is 13.8 Å². The lowest BCUT2D eigenvalue weighted by Gasteiger charge is -2.23. The van der Waals surface area contributed by atoms with Gasteiger partial charge in [0.1, 0.15) is 26.2 Å². The second kappa shape index (κ2) is 4.40. The number of hydrogen-bond donors (Lipinski definition) is 1. The SMILES string of the molecule is [B][C@@H]1O[C@@H]2COP(=O)(O)O[C@@H]1C2OC(C)C. The smallest absolute Gasteiger partial charge is 0.377 e. The Labute approximate surface area is 95.2 Å². The van der Waals surface area contributed by atoms with Gasteiger partial charge in [-0.1, -0.05) is 0 Å². The van der Waals surface area contributed by atoms with Crippen LogP contribution in [0, 0.1) is 0 Å². The molecule has 0 aromatic carbocycles. The second-order valence-corrected chi connectivity index (χ2v) is 5.53. The molecule has 0 spiro atoms. The fourth-order valence-electron chi connectivity index (χ4n) is 1.84. The minimum atomic E-state index is -4.03. The minimum absolute atomic E-state index is 0.0521. The summed E-state index contributed by atoms with van der Waals surface area (Å²) in [5, 5.41) is 0. The first kappa shape index (κ1) is 12.5. The molecule has 2 unspecified atom stereocenters. The predicted molar refractivity (Wildman–Crippen MR) is 55.1 cm³/mol. The molecule has 0 aliphatic carbocycles. The molecular weight excluding hydrogens is 234 g/mol. The summed E-state index contributed by atoms with van der Waals surface area (Å²) < 4.78 is 31.9. The number of phosphoric ester groups is 1. The molecule has 16 heavy (non-hydrogen) atoms. The minimum Gasteiger partial charge on any atom is -0.377 e. The van der Waals surface area contributed by atoms with Crippen LogP contribution in [0.4, 0.5) is 0 Å². The van der Waals surface area contributed by atoms with Crippen LogP contribution >= 0.6 is 7.82 Å². The Balaban J connectivity index is 2.17. The highest BCUT2D eigenvalue weighted by molar-refractivity contribution is 7.47. The van der Waals surface area contributed by atoms with E-state index in [0.29, 0.717) is 0 Å². The first-order valence-corrected chi connectivity index (χ1v) is 6.61. The van der Waals surface area contributed by atoms with Gasteiger partial charge in [-0.15, -0.1) is 0 Å². The maximum absolute atomic E-state index is 11.4. The van der Waals surface area contributed by atoms with Gasteiger partial charge in [0, 0.05) is 6.00 Å². The molecule has 90 valence electrons. The van der Waals surface area contributed by atoms with Crippen LogP contribution in [-0.2, 0) is 23.1 Å². The van der Waals surface area contributed by atoms with Gasteiger partial charge >= 0.3 is 7.82 Å². The zero-order valence-electron chi connectivity index (χ0n) is 9.11. The highest BCUT2D eigenvalue weighted by atomic mass is 31.2. The van der Waals surface area contributed by atoms with E-state index >= 15 is 0 Å². The standard InChI is InChI=1S/C8H14BO6P/c1-4(2)13-6-5-3-12-16(10,11)15-7(6)8(9)14-5/h4-8H,3H2,1-2H3,(H,10,11)/t5-,6?,7-,8-/m1/s1. The third-order valence-corrected chi connectivity index (χ3v) is 3.42.